The van der Waals surface area contributed by atoms with E-state index in [0.717, 1.165) is 0 Å². The molecular weight excluding hydrogens is 170 g/mol. The first-order valence-corrected chi connectivity index (χ1v) is 3.84. The van der Waals surface area contributed by atoms with E-state index in [2.05, 4.69) is 5.32 Å². The van der Waals surface area contributed by atoms with Gasteiger partial charge in [0.25, 0.3) is 0 Å². The van der Waals surface area contributed by atoms with Crippen LogP contribution < -0.4 is 5.32 Å². The number of nitrogens with one attached hydrogen (secondary N) is 1. The Labute approximate surface area is 75.8 Å². The second kappa shape index (κ2) is 3.91. The van der Waals surface area contributed by atoms with Gasteiger partial charge in [-0.2, -0.15) is 0 Å². The van der Waals surface area contributed by atoms with Gasteiger partial charge in [-0.15, -0.1) is 0 Å². The van der Waals surface area contributed by atoms with Crippen molar-refractivity contribution in [1.29, 1.82) is 0 Å². The van der Waals surface area contributed by atoms with Gasteiger partial charge in [-0.05, 0) is 17.7 Å². The Kier molecular flexibility index (Phi) is 2.87. The first-order valence-electron chi connectivity index (χ1n) is 3.84. The van der Waals surface area contributed by atoms with Crippen molar-refractivity contribution < 1.29 is 15.0 Å². The lowest BCUT2D eigenvalue weighted by Crippen LogP contribution is -2.05. The molecule has 0 aromatic heterocycles. The van der Waals surface area contributed by atoms with Gasteiger partial charge >= 0.3 is 0 Å². The summed E-state index contributed by atoms with van der Waals surface area (Å²) in [5, 5.41) is 20.5. The maximum absolute atomic E-state index is 10.6. The SMILES string of the molecule is CC(=O)Nc1ccc(CO)cc1O. The predicted octanol–water partition coefficient (Wildman–Crippen LogP) is 0.843. The molecule has 1 aromatic rings. The minimum absolute atomic E-state index is 0.0400. The first kappa shape index (κ1) is 9.54. The monoisotopic (exact) mass is 181 g/mol. The van der Waals surface area contributed by atoms with Gasteiger partial charge in [-0.1, -0.05) is 6.07 Å². The van der Waals surface area contributed by atoms with E-state index < -0.39 is 0 Å². The molecule has 4 nitrogen and oxygen atoms in total. The summed E-state index contributed by atoms with van der Waals surface area (Å²) < 4.78 is 0. The number of phenols is 1. The molecule has 0 radical (unpaired) electrons. The van der Waals surface area contributed by atoms with Crippen molar-refractivity contribution in [2.45, 2.75) is 13.5 Å². The highest BCUT2D eigenvalue weighted by molar-refractivity contribution is 5.90. The number of hydrogen-bond acceptors (Lipinski definition) is 3. The van der Waals surface area contributed by atoms with Crippen LogP contribution in [0.2, 0.25) is 0 Å². The van der Waals surface area contributed by atoms with Crippen LogP contribution in [0.3, 0.4) is 0 Å². The molecule has 13 heavy (non-hydrogen) atoms. The number of anilines is 1. The number of phenolic OH excluding ortho intramolecular Hbond substituents is 1. The molecule has 0 bridgehead atoms. The number of aromatic hydroxyl groups is 1. The van der Waals surface area contributed by atoms with E-state index in [-0.39, 0.29) is 18.3 Å². The summed E-state index contributed by atoms with van der Waals surface area (Å²) in [6.07, 6.45) is 0. The number of carbonyl (C=O) groups excluding carboxylic acids is 1. The second-order valence-corrected chi connectivity index (χ2v) is 2.69. The third-order valence-corrected chi connectivity index (χ3v) is 1.56. The molecule has 4 heteroatoms. The topological polar surface area (TPSA) is 69.6 Å². The van der Waals surface area contributed by atoms with Gasteiger partial charge in [0.05, 0.1) is 12.3 Å². The summed E-state index contributed by atoms with van der Waals surface area (Å²) in [6, 6.07) is 4.58. The number of hydrogen-bond donors (Lipinski definition) is 3. The van der Waals surface area contributed by atoms with Crippen molar-refractivity contribution >= 4 is 11.6 Å². The Hall–Kier alpha value is -1.55. The highest BCUT2D eigenvalue weighted by atomic mass is 16.3. The van der Waals surface area contributed by atoms with Crippen LogP contribution in [0.4, 0.5) is 5.69 Å². The second-order valence-electron chi connectivity index (χ2n) is 2.69. The summed E-state index contributed by atoms with van der Waals surface area (Å²) in [6.45, 7) is 1.23. The lowest BCUT2D eigenvalue weighted by Gasteiger charge is -2.05. The third kappa shape index (κ3) is 2.45. The number of benzene rings is 1. The fourth-order valence-corrected chi connectivity index (χ4v) is 0.971. The Morgan fingerprint density at radius 1 is 1.54 bits per heavy atom. The largest absolute Gasteiger partial charge is 0.506 e. The molecule has 0 saturated heterocycles. The average Bonchev–Trinajstić information content (AvgIpc) is 2.08. The van der Waals surface area contributed by atoms with Gasteiger partial charge in [0.1, 0.15) is 5.75 Å². The van der Waals surface area contributed by atoms with E-state index in [0.29, 0.717) is 11.3 Å². The number of rotatable bonds is 2. The van der Waals surface area contributed by atoms with E-state index in [9.17, 15) is 9.90 Å². The summed E-state index contributed by atoms with van der Waals surface area (Å²) in [7, 11) is 0. The van der Waals surface area contributed by atoms with Gasteiger partial charge in [0.2, 0.25) is 5.91 Å². The minimum atomic E-state index is -0.243. The zero-order valence-electron chi connectivity index (χ0n) is 7.24. The number of aliphatic hydroxyl groups is 1. The fourth-order valence-electron chi connectivity index (χ4n) is 0.971. The molecule has 0 aliphatic rings. The molecule has 0 unspecified atom stereocenters. The molecule has 0 heterocycles. The molecule has 70 valence electrons. The molecule has 0 aliphatic carbocycles. The summed E-state index contributed by atoms with van der Waals surface area (Å²) in [4.78, 5) is 10.6. The Bertz CT molecular complexity index is 323. The molecule has 0 atom stereocenters. The molecule has 1 amide bonds. The summed E-state index contributed by atoms with van der Waals surface area (Å²) >= 11 is 0. The molecule has 0 saturated carbocycles. The lowest BCUT2D eigenvalue weighted by atomic mass is 10.2. The van der Waals surface area contributed by atoms with E-state index in [1.807, 2.05) is 0 Å². The van der Waals surface area contributed by atoms with E-state index >= 15 is 0 Å². The predicted molar refractivity (Wildman–Crippen MR) is 48.3 cm³/mol. The van der Waals surface area contributed by atoms with Gasteiger partial charge in [0, 0.05) is 6.92 Å². The number of carbonyl (C=O) groups is 1. The van der Waals surface area contributed by atoms with Gasteiger partial charge in [0.15, 0.2) is 0 Å². The van der Waals surface area contributed by atoms with Crippen LogP contribution in [0.25, 0.3) is 0 Å². The number of aliphatic hydroxyl groups excluding tert-OH is 1. The quantitative estimate of drug-likeness (QED) is 0.592. The molecule has 3 N–H and O–H groups in total. The molecular formula is C9H11NO3. The van der Waals surface area contributed by atoms with Crippen molar-refractivity contribution in [3.8, 4) is 5.75 Å². The van der Waals surface area contributed by atoms with Gasteiger partial charge in [-0.3, -0.25) is 4.79 Å². The van der Waals surface area contributed by atoms with Crippen molar-refractivity contribution in [3.63, 3.8) is 0 Å². The van der Waals surface area contributed by atoms with E-state index in [1.165, 1.54) is 13.0 Å². The van der Waals surface area contributed by atoms with Crippen LogP contribution in [-0.2, 0) is 11.4 Å². The van der Waals surface area contributed by atoms with Crippen LogP contribution >= 0.6 is 0 Å². The normalized spacial score (nSPS) is 9.69. The smallest absolute Gasteiger partial charge is 0.221 e. The zero-order valence-corrected chi connectivity index (χ0v) is 7.24. The van der Waals surface area contributed by atoms with Crippen LogP contribution in [0, 0.1) is 0 Å². The van der Waals surface area contributed by atoms with Crippen LogP contribution in [-0.4, -0.2) is 16.1 Å². The highest BCUT2D eigenvalue weighted by Crippen LogP contribution is 2.23. The maximum atomic E-state index is 10.6. The highest BCUT2D eigenvalue weighted by Gasteiger charge is 2.02. The molecule has 1 aromatic carbocycles. The summed E-state index contributed by atoms with van der Waals surface area (Å²) in [5.74, 6) is -0.284. The third-order valence-electron chi connectivity index (χ3n) is 1.56. The lowest BCUT2D eigenvalue weighted by molar-refractivity contribution is -0.114. The molecule has 0 aliphatic heterocycles. The minimum Gasteiger partial charge on any atom is -0.506 e. The molecule has 1 rings (SSSR count). The molecule has 0 spiro atoms. The van der Waals surface area contributed by atoms with Crippen LogP contribution in [0.5, 0.6) is 5.75 Å². The van der Waals surface area contributed by atoms with Crippen LogP contribution in [0.1, 0.15) is 12.5 Å². The standard InChI is InChI=1S/C9H11NO3/c1-6(12)10-8-3-2-7(5-11)4-9(8)13/h2-4,11,13H,5H2,1H3,(H,10,12). The van der Waals surface area contributed by atoms with Crippen LogP contribution in [0.15, 0.2) is 18.2 Å². The van der Waals surface area contributed by atoms with E-state index in [1.54, 1.807) is 12.1 Å². The molecule has 0 fully saturated rings. The Balaban J connectivity index is 2.91. The van der Waals surface area contributed by atoms with Gasteiger partial charge in [-0.25, -0.2) is 0 Å². The van der Waals surface area contributed by atoms with Crippen molar-refractivity contribution in [3.05, 3.63) is 23.8 Å². The fraction of sp³-hybridized carbons (Fsp3) is 0.222. The number of amides is 1. The Morgan fingerprint density at radius 2 is 2.23 bits per heavy atom. The maximum Gasteiger partial charge on any atom is 0.221 e. The van der Waals surface area contributed by atoms with Gasteiger partial charge < -0.3 is 15.5 Å². The first-order chi connectivity index (χ1) is 6.13. The summed E-state index contributed by atoms with van der Waals surface area (Å²) in [5.41, 5.74) is 0.955. The van der Waals surface area contributed by atoms with Crippen molar-refractivity contribution in [2.75, 3.05) is 5.32 Å². The van der Waals surface area contributed by atoms with Crippen molar-refractivity contribution in [1.82, 2.24) is 0 Å². The Morgan fingerprint density at radius 3 is 2.69 bits per heavy atom. The van der Waals surface area contributed by atoms with E-state index in [4.69, 9.17) is 5.11 Å². The zero-order chi connectivity index (χ0) is 9.84. The average molecular weight is 181 g/mol. The van der Waals surface area contributed by atoms with Crippen molar-refractivity contribution in [2.24, 2.45) is 0 Å².